The van der Waals surface area contributed by atoms with E-state index in [1.807, 2.05) is 25.1 Å². The number of nitrogens with zero attached hydrogens (tertiary/aromatic N) is 1. The summed E-state index contributed by atoms with van der Waals surface area (Å²) in [5.74, 6) is 0.773. The lowest BCUT2D eigenvalue weighted by Gasteiger charge is -2.16. The smallest absolute Gasteiger partial charge is 0.183 e. The van der Waals surface area contributed by atoms with Crippen LogP contribution in [0, 0.1) is 6.92 Å². The summed E-state index contributed by atoms with van der Waals surface area (Å²) < 4.78 is 11.6. The van der Waals surface area contributed by atoms with Crippen LogP contribution in [0.1, 0.15) is 61.1 Å². The summed E-state index contributed by atoms with van der Waals surface area (Å²) in [4.78, 5) is 4.75. The van der Waals surface area contributed by atoms with Crippen molar-refractivity contribution in [3.05, 3.63) is 58.4 Å². The van der Waals surface area contributed by atoms with Crippen molar-refractivity contribution in [1.29, 1.82) is 0 Å². The molecule has 1 aliphatic heterocycles. The maximum absolute atomic E-state index is 10.3. The molecule has 2 heterocycles. The van der Waals surface area contributed by atoms with E-state index in [9.17, 15) is 5.11 Å². The molecule has 0 saturated carbocycles. The van der Waals surface area contributed by atoms with Gasteiger partial charge in [0.2, 0.25) is 0 Å². The quantitative estimate of drug-likeness (QED) is 0.660. The van der Waals surface area contributed by atoms with Crippen LogP contribution < -0.4 is 10.1 Å². The molecule has 146 valence electrons. The van der Waals surface area contributed by atoms with Crippen LogP contribution in [-0.2, 0) is 17.8 Å². The number of rotatable bonds is 9. The zero-order chi connectivity index (χ0) is 19.2. The number of aliphatic hydroxyl groups excluding tert-OH is 1. The number of ether oxygens (including phenoxy) is 2. The summed E-state index contributed by atoms with van der Waals surface area (Å²) in [6, 6.07) is 10.7. The molecule has 1 aliphatic rings. The fourth-order valence-corrected chi connectivity index (χ4v) is 3.42. The van der Waals surface area contributed by atoms with Gasteiger partial charge < -0.3 is 19.9 Å². The molecule has 3 rings (SSSR count). The minimum Gasteiger partial charge on any atom is -0.491 e. The molecule has 0 bridgehead atoms. The van der Waals surface area contributed by atoms with E-state index in [1.54, 1.807) is 0 Å². The van der Waals surface area contributed by atoms with Crippen molar-refractivity contribution >= 4 is 0 Å². The van der Waals surface area contributed by atoms with Gasteiger partial charge in [0.1, 0.15) is 5.75 Å². The molecule has 0 saturated heterocycles. The van der Waals surface area contributed by atoms with Crippen molar-refractivity contribution < 1.29 is 14.6 Å². The number of unbranched alkanes of at least 4 members (excludes halogenated alkanes) is 1. The Bertz CT molecular complexity index is 747. The van der Waals surface area contributed by atoms with Crippen LogP contribution in [-0.4, -0.2) is 29.3 Å². The second kappa shape index (κ2) is 9.31. The topological polar surface area (TPSA) is 63.6 Å². The number of nitrogens with one attached hydrogen (secondary N) is 1. The number of hydrogen-bond donors (Lipinski definition) is 2. The molecule has 0 amide bonds. The van der Waals surface area contributed by atoms with Crippen molar-refractivity contribution in [3.63, 3.8) is 0 Å². The van der Waals surface area contributed by atoms with E-state index in [4.69, 9.17) is 14.5 Å². The summed E-state index contributed by atoms with van der Waals surface area (Å²) in [6.07, 6.45) is 1.79. The van der Waals surface area contributed by atoms with Crippen LogP contribution in [0.5, 0.6) is 5.75 Å². The van der Waals surface area contributed by atoms with Crippen LogP contribution in [0.25, 0.3) is 0 Å². The largest absolute Gasteiger partial charge is 0.491 e. The van der Waals surface area contributed by atoms with Crippen molar-refractivity contribution in [1.82, 2.24) is 10.3 Å². The molecular weight excluding hydrogens is 340 g/mol. The number of aryl methyl sites for hydroxylation is 1. The zero-order valence-corrected chi connectivity index (χ0v) is 16.5. The predicted molar refractivity (Wildman–Crippen MR) is 106 cm³/mol. The molecular formula is C22H30N2O3. The fourth-order valence-electron chi connectivity index (χ4n) is 3.42. The van der Waals surface area contributed by atoms with Crippen LogP contribution in [0.4, 0.5) is 0 Å². The van der Waals surface area contributed by atoms with Gasteiger partial charge in [0, 0.05) is 23.6 Å². The van der Waals surface area contributed by atoms with E-state index in [2.05, 4.69) is 31.3 Å². The highest BCUT2D eigenvalue weighted by atomic mass is 16.6. The predicted octanol–water partition coefficient (Wildman–Crippen LogP) is 3.66. The van der Waals surface area contributed by atoms with E-state index in [-0.39, 0.29) is 0 Å². The molecule has 27 heavy (non-hydrogen) atoms. The van der Waals surface area contributed by atoms with E-state index in [1.165, 1.54) is 0 Å². The van der Waals surface area contributed by atoms with Crippen LogP contribution in [0.3, 0.4) is 0 Å². The Kier molecular flexibility index (Phi) is 6.83. The van der Waals surface area contributed by atoms with Crippen molar-refractivity contribution in [2.45, 2.75) is 59.0 Å². The highest BCUT2D eigenvalue weighted by Gasteiger charge is 2.30. The number of aliphatic hydroxyl groups is 1. The minimum atomic E-state index is -0.926. The third-order valence-corrected chi connectivity index (χ3v) is 4.76. The Hall–Kier alpha value is -1.95. The standard InChI is InChI=1S/C22H30N2O3/c1-15(2)23-11-7-8-12-26-21-16(3)24-19(13-17-9-5-4-6-10-17)20-18(21)14-27-22(20)25/h4-6,9-10,15,22-23,25H,7-8,11-14H2,1-3H3. The molecule has 2 N–H and O–H groups in total. The third kappa shape index (κ3) is 5.06. The van der Waals surface area contributed by atoms with E-state index in [0.29, 0.717) is 25.7 Å². The first-order chi connectivity index (χ1) is 13.1. The molecule has 1 aromatic carbocycles. The van der Waals surface area contributed by atoms with Gasteiger partial charge in [-0.3, -0.25) is 4.98 Å². The van der Waals surface area contributed by atoms with E-state index >= 15 is 0 Å². The van der Waals surface area contributed by atoms with E-state index in [0.717, 1.165) is 53.2 Å². The molecule has 0 aliphatic carbocycles. The highest BCUT2D eigenvalue weighted by Crippen LogP contribution is 2.39. The first-order valence-electron chi connectivity index (χ1n) is 9.78. The molecule has 0 spiro atoms. The van der Waals surface area contributed by atoms with Gasteiger partial charge >= 0.3 is 0 Å². The van der Waals surface area contributed by atoms with Gasteiger partial charge in [-0.05, 0) is 31.9 Å². The van der Waals surface area contributed by atoms with E-state index < -0.39 is 6.29 Å². The maximum Gasteiger partial charge on any atom is 0.183 e. The summed E-state index contributed by atoms with van der Waals surface area (Å²) >= 11 is 0. The Labute approximate surface area is 161 Å². The van der Waals surface area contributed by atoms with Crippen molar-refractivity contribution in [3.8, 4) is 5.75 Å². The Balaban J connectivity index is 1.71. The molecule has 1 aromatic heterocycles. The van der Waals surface area contributed by atoms with Gasteiger partial charge in [-0.1, -0.05) is 44.2 Å². The van der Waals surface area contributed by atoms with Crippen molar-refractivity contribution in [2.75, 3.05) is 13.2 Å². The molecule has 1 atom stereocenters. The number of benzene rings is 1. The lowest BCUT2D eigenvalue weighted by Crippen LogP contribution is -2.23. The SMILES string of the molecule is Cc1nc(Cc2ccccc2)c2c(c1OCCCCNC(C)C)COC2O. The fraction of sp³-hybridized carbons (Fsp3) is 0.500. The number of fused-ring (bicyclic) bond motifs is 1. The second-order valence-electron chi connectivity index (χ2n) is 7.36. The summed E-state index contributed by atoms with van der Waals surface area (Å²) in [7, 11) is 0. The molecule has 0 fully saturated rings. The summed E-state index contributed by atoms with van der Waals surface area (Å²) in [5.41, 5.74) is 4.61. The highest BCUT2D eigenvalue weighted by molar-refractivity contribution is 5.48. The summed E-state index contributed by atoms with van der Waals surface area (Å²) in [6.45, 7) is 8.27. The molecule has 0 radical (unpaired) electrons. The lowest BCUT2D eigenvalue weighted by atomic mass is 10.0. The summed E-state index contributed by atoms with van der Waals surface area (Å²) in [5, 5.41) is 13.7. The monoisotopic (exact) mass is 370 g/mol. The number of aromatic nitrogens is 1. The Morgan fingerprint density at radius 2 is 2.04 bits per heavy atom. The lowest BCUT2D eigenvalue weighted by molar-refractivity contribution is -0.0923. The maximum atomic E-state index is 10.3. The molecule has 5 nitrogen and oxygen atoms in total. The second-order valence-corrected chi connectivity index (χ2v) is 7.36. The van der Waals surface area contributed by atoms with Gasteiger partial charge in [-0.2, -0.15) is 0 Å². The van der Waals surface area contributed by atoms with Crippen molar-refractivity contribution in [2.24, 2.45) is 0 Å². The zero-order valence-electron chi connectivity index (χ0n) is 16.5. The first-order valence-corrected chi connectivity index (χ1v) is 9.78. The van der Waals surface area contributed by atoms with Gasteiger partial charge in [-0.25, -0.2) is 0 Å². The van der Waals surface area contributed by atoms with Crippen LogP contribution >= 0.6 is 0 Å². The molecule has 1 unspecified atom stereocenters. The number of hydrogen-bond acceptors (Lipinski definition) is 5. The van der Waals surface area contributed by atoms with Gasteiger partial charge in [0.15, 0.2) is 6.29 Å². The normalized spacial score (nSPS) is 16.0. The number of pyridine rings is 1. The van der Waals surface area contributed by atoms with Gasteiger partial charge in [0.25, 0.3) is 0 Å². The average molecular weight is 370 g/mol. The van der Waals surface area contributed by atoms with Crippen LogP contribution in [0.15, 0.2) is 30.3 Å². The van der Waals surface area contributed by atoms with Gasteiger partial charge in [0.05, 0.1) is 24.6 Å². The Morgan fingerprint density at radius 3 is 2.78 bits per heavy atom. The molecule has 2 aromatic rings. The van der Waals surface area contributed by atoms with Gasteiger partial charge in [-0.15, -0.1) is 0 Å². The third-order valence-electron chi connectivity index (χ3n) is 4.76. The average Bonchev–Trinajstić information content (AvgIpc) is 3.02. The molecule has 5 heteroatoms. The van der Waals surface area contributed by atoms with Crippen LogP contribution in [0.2, 0.25) is 0 Å². The Morgan fingerprint density at radius 1 is 1.26 bits per heavy atom. The minimum absolute atomic E-state index is 0.367. The first kappa shape index (κ1) is 19.8.